The van der Waals surface area contributed by atoms with Crippen LogP contribution < -0.4 is 0 Å². The molecule has 1 aromatic rings. The van der Waals surface area contributed by atoms with Gasteiger partial charge in [0.25, 0.3) is 0 Å². The molecule has 24 heavy (non-hydrogen) atoms. The lowest BCUT2D eigenvalue weighted by atomic mass is 9.79. The zero-order valence-corrected chi connectivity index (χ0v) is 15.8. The number of esters is 1. The molecule has 0 N–H and O–H groups in total. The third-order valence-corrected chi connectivity index (χ3v) is 5.79. The summed E-state index contributed by atoms with van der Waals surface area (Å²) in [6, 6.07) is 3.60. The maximum absolute atomic E-state index is 11.7. The number of hydrogen-bond acceptors (Lipinski definition) is 5. The average molecular weight is 355 g/mol. The number of rotatable bonds is 9. The number of thiophene rings is 1. The third kappa shape index (κ3) is 6.19. The van der Waals surface area contributed by atoms with E-state index in [0.717, 1.165) is 24.7 Å². The summed E-state index contributed by atoms with van der Waals surface area (Å²) in [4.78, 5) is 12.3. The molecular weight excluding hydrogens is 324 g/mol. The zero-order valence-electron chi connectivity index (χ0n) is 15.0. The Kier molecular flexibility index (Phi) is 8.22. The lowest BCUT2D eigenvalue weighted by molar-refractivity contribution is -0.172. The van der Waals surface area contributed by atoms with Crippen molar-refractivity contribution in [2.24, 2.45) is 11.8 Å². The lowest BCUT2D eigenvalue weighted by Gasteiger charge is -2.33. The highest BCUT2D eigenvalue weighted by Gasteiger charge is 2.26. The molecule has 2 atom stereocenters. The van der Waals surface area contributed by atoms with Crippen LogP contribution in [0.25, 0.3) is 0 Å². The van der Waals surface area contributed by atoms with Gasteiger partial charge < -0.3 is 14.2 Å². The van der Waals surface area contributed by atoms with E-state index in [2.05, 4.69) is 13.8 Å². The highest BCUT2D eigenvalue weighted by Crippen LogP contribution is 2.33. The first kappa shape index (κ1) is 19.4. The molecular formula is C19H30O4S. The van der Waals surface area contributed by atoms with E-state index in [1.165, 1.54) is 30.6 Å². The van der Waals surface area contributed by atoms with Gasteiger partial charge in [0, 0.05) is 0 Å². The molecule has 2 unspecified atom stereocenters. The average Bonchev–Trinajstić information content (AvgIpc) is 3.13. The standard InChI is InChI=1S/C19H30O4S/c1-4-14(2)16-7-9-17(10-8-16)23-15(3)21-11-12-22-19(20)18-6-5-13-24-18/h5-6,13-17H,4,7-12H2,1-3H3. The number of hydrogen-bond donors (Lipinski definition) is 0. The van der Waals surface area contributed by atoms with Crippen LogP contribution in [-0.4, -0.2) is 31.6 Å². The minimum absolute atomic E-state index is 0.254. The van der Waals surface area contributed by atoms with Crippen LogP contribution in [0.1, 0.15) is 62.5 Å². The first-order chi connectivity index (χ1) is 11.6. The van der Waals surface area contributed by atoms with Crippen molar-refractivity contribution in [1.29, 1.82) is 0 Å². The predicted octanol–water partition coefficient (Wildman–Crippen LogP) is 4.89. The molecule has 4 nitrogen and oxygen atoms in total. The molecule has 0 aliphatic heterocycles. The van der Waals surface area contributed by atoms with E-state index in [9.17, 15) is 4.79 Å². The van der Waals surface area contributed by atoms with Crippen molar-refractivity contribution < 1.29 is 19.0 Å². The van der Waals surface area contributed by atoms with Crippen molar-refractivity contribution in [3.8, 4) is 0 Å². The molecule has 136 valence electrons. The van der Waals surface area contributed by atoms with Crippen molar-refractivity contribution in [2.75, 3.05) is 13.2 Å². The van der Waals surface area contributed by atoms with Crippen LogP contribution in [0.5, 0.6) is 0 Å². The van der Waals surface area contributed by atoms with Gasteiger partial charge in [0.1, 0.15) is 11.5 Å². The van der Waals surface area contributed by atoms with Crippen molar-refractivity contribution in [3.05, 3.63) is 22.4 Å². The number of carbonyl (C=O) groups is 1. The van der Waals surface area contributed by atoms with Gasteiger partial charge in [-0.1, -0.05) is 26.3 Å². The van der Waals surface area contributed by atoms with Gasteiger partial charge in [-0.3, -0.25) is 0 Å². The van der Waals surface area contributed by atoms with Gasteiger partial charge in [0.05, 0.1) is 12.7 Å². The van der Waals surface area contributed by atoms with Crippen LogP contribution in [0.4, 0.5) is 0 Å². The Balaban J connectivity index is 1.55. The Morgan fingerprint density at radius 1 is 1.25 bits per heavy atom. The molecule has 1 fully saturated rings. The zero-order chi connectivity index (χ0) is 17.4. The van der Waals surface area contributed by atoms with E-state index in [-0.39, 0.29) is 18.9 Å². The number of ether oxygens (including phenoxy) is 3. The third-order valence-electron chi connectivity index (χ3n) is 4.94. The van der Waals surface area contributed by atoms with E-state index in [0.29, 0.717) is 17.6 Å². The summed E-state index contributed by atoms with van der Waals surface area (Å²) in [6.45, 7) is 7.16. The molecule has 0 bridgehead atoms. The van der Waals surface area contributed by atoms with Crippen LogP contribution in [0.2, 0.25) is 0 Å². The molecule has 1 saturated carbocycles. The molecule has 5 heteroatoms. The smallest absolute Gasteiger partial charge is 0.348 e. The largest absolute Gasteiger partial charge is 0.459 e. The summed E-state index contributed by atoms with van der Waals surface area (Å²) in [6.07, 6.45) is 6.06. The SMILES string of the molecule is CCC(C)C1CCC(OC(C)OCCOC(=O)c2cccs2)CC1. The van der Waals surface area contributed by atoms with Gasteiger partial charge in [-0.15, -0.1) is 11.3 Å². The normalized spacial score (nSPS) is 23.6. The Bertz CT molecular complexity index is 466. The predicted molar refractivity (Wildman–Crippen MR) is 96.3 cm³/mol. The second kappa shape index (κ2) is 10.2. The topological polar surface area (TPSA) is 44.8 Å². The molecule has 0 saturated heterocycles. The quantitative estimate of drug-likeness (QED) is 0.360. The van der Waals surface area contributed by atoms with Crippen LogP contribution in [0, 0.1) is 11.8 Å². The first-order valence-electron chi connectivity index (χ1n) is 9.07. The van der Waals surface area contributed by atoms with E-state index < -0.39 is 0 Å². The Labute approximate surface area is 149 Å². The summed E-state index contributed by atoms with van der Waals surface area (Å²) < 4.78 is 16.8. The van der Waals surface area contributed by atoms with E-state index >= 15 is 0 Å². The maximum Gasteiger partial charge on any atom is 0.348 e. The molecule has 1 aliphatic rings. The molecule has 0 aromatic carbocycles. The molecule has 1 heterocycles. The van der Waals surface area contributed by atoms with Crippen molar-refractivity contribution in [2.45, 2.75) is 65.3 Å². The highest BCUT2D eigenvalue weighted by atomic mass is 32.1. The molecule has 1 aromatic heterocycles. The van der Waals surface area contributed by atoms with Gasteiger partial charge in [-0.05, 0) is 55.9 Å². The maximum atomic E-state index is 11.7. The van der Waals surface area contributed by atoms with Gasteiger partial charge in [0.2, 0.25) is 0 Å². The van der Waals surface area contributed by atoms with Gasteiger partial charge in [-0.25, -0.2) is 4.79 Å². The van der Waals surface area contributed by atoms with E-state index in [1.54, 1.807) is 6.07 Å². The summed E-state index contributed by atoms with van der Waals surface area (Å²) in [5, 5.41) is 1.86. The Hall–Kier alpha value is -0.910. The molecule has 0 radical (unpaired) electrons. The number of carbonyl (C=O) groups excluding carboxylic acids is 1. The monoisotopic (exact) mass is 354 g/mol. The Morgan fingerprint density at radius 2 is 2.00 bits per heavy atom. The van der Waals surface area contributed by atoms with Crippen LogP contribution in [-0.2, 0) is 14.2 Å². The van der Waals surface area contributed by atoms with Crippen molar-refractivity contribution in [3.63, 3.8) is 0 Å². The van der Waals surface area contributed by atoms with Gasteiger partial charge >= 0.3 is 5.97 Å². The van der Waals surface area contributed by atoms with Gasteiger partial charge in [-0.2, -0.15) is 0 Å². The first-order valence-corrected chi connectivity index (χ1v) is 9.95. The Morgan fingerprint density at radius 3 is 2.62 bits per heavy atom. The fourth-order valence-corrected chi connectivity index (χ4v) is 3.87. The molecule has 2 rings (SSSR count). The molecule has 1 aliphatic carbocycles. The summed E-state index contributed by atoms with van der Waals surface area (Å²) in [5.74, 6) is 1.38. The fourth-order valence-electron chi connectivity index (χ4n) is 3.25. The van der Waals surface area contributed by atoms with Crippen LogP contribution in [0.15, 0.2) is 17.5 Å². The summed E-state index contributed by atoms with van der Waals surface area (Å²) >= 11 is 1.38. The van der Waals surface area contributed by atoms with Crippen molar-refractivity contribution in [1.82, 2.24) is 0 Å². The molecule has 0 spiro atoms. The lowest BCUT2D eigenvalue weighted by Crippen LogP contribution is -2.29. The highest BCUT2D eigenvalue weighted by molar-refractivity contribution is 7.11. The van der Waals surface area contributed by atoms with E-state index in [1.807, 2.05) is 18.4 Å². The summed E-state index contributed by atoms with van der Waals surface area (Å²) in [5.41, 5.74) is 0. The van der Waals surface area contributed by atoms with Crippen molar-refractivity contribution >= 4 is 17.3 Å². The minimum atomic E-state index is -0.287. The fraction of sp³-hybridized carbons (Fsp3) is 0.737. The van der Waals surface area contributed by atoms with Crippen LogP contribution >= 0.6 is 11.3 Å². The van der Waals surface area contributed by atoms with Gasteiger partial charge in [0.15, 0.2) is 6.29 Å². The second-order valence-corrected chi connectivity index (χ2v) is 7.56. The molecule has 0 amide bonds. The summed E-state index contributed by atoms with van der Waals surface area (Å²) in [7, 11) is 0. The minimum Gasteiger partial charge on any atom is -0.459 e. The second-order valence-electron chi connectivity index (χ2n) is 6.61. The van der Waals surface area contributed by atoms with Crippen LogP contribution in [0.3, 0.4) is 0 Å². The van der Waals surface area contributed by atoms with E-state index in [4.69, 9.17) is 14.2 Å².